The lowest BCUT2D eigenvalue weighted by Crippen LogP contribution is -2.66. The standard InChI is InChI=1S/C31H31N/c1-4-14-24-20(10-1)21-11-2-5-15-25(21)31(24)26-16-6-8-19-29(26)32-28-18-7-3-12-22(28)23-13-9-17-27(31)30(23)32/h1-5,7,10-12,14-15,18,23,26-27,29-30H,6,8-9,13,16-17,19H2. The lowest BCUT2D eigenvalue weighted by atomic mass is 9.49. The van der Waals surface area contributed by atoms with Crippen molar-refractivity contribution in [3.63, 3.8) is 0 Å². The highest BCUT2D eigenvalue weighted by atomic mass is 15.3. The second-order valence-corrected chi connectivity index (χ2v) is 11.0. The molecular formula is C31H31N. The number of fused-ring (bicyclic) bond motifs is 12. The highest BCUT2D eigenvalue weighted by Gasteiger charge is 2.65. The minimum Gasteiger partial charge on any atom is -0.364 e. The fraction of sp³-hybridized carbons (Fsp3) is 0.419. The Kier molecular flexibility index (Phi) is 3.52. The van der Waals surface area contributed by atoms with Crippen LogP contribution in [-0.4, -0.2) is 12.1 Å². The van der Waals surface area contributed by atoms with E-state index < -0.39 is 0 Å². The topological polar surface area (TPSA) is 3.24 Å². The second-order valence-electron chi connectivity index (χ2n) is 11.0. The maximum absolute atomic E-state index is 2.99. The Morgan fingerprint density at radius 1 is 0.625 bits per heavy atom. The van der Waals surface area contributed by atoms with Crippen molar-refractivity contribution in [3.8, 4) is 11.1 Å². The van der Waals surface area contributed by atoms with Crippen LogP contribution in [0.15, 0.2) is 72.8 Å². The fourth-order valence-electron chi connectivity index (χ4n) is 9.35. The van der Waals surface area contributed by atoms with Crippen LogP contribution in [0, 0.1) is 11.8 Å². The molecule has 2 saturated carbocycles. The van der Waals surface area contributed by atoms with Crippen LogP contribution in [0.25, 0.3) is 11.1 Å². The molecule has 5 aliphatic rings. The number of hydrogen-bond acceptors (Lipinski definition) is 1. The molecule has 8 rings (SSSR count). The van der Waals surface area contributed by atoms with Gasteiger partial charge in [-0.05, 0) is 71.4 Å². The van der Waals surface area contributed by atoms with E-state index in [2.05, 4.69) is 77.7 Å². The van der Waals surface area contributed by atoms with Gasteiger partial charge in [0.15, 0.2) is 0 Å². The zero-order chi connectivity index (χ0) is 20.9. The largest absolute Gasteiger partial charge is 0.364 e. The summed E-state index contributed by atoms with van der Waals surface area (Å²) in [5.41, 5.74) is 9.82. The lowest BCUT2D eigenvalue weighted by Gasteiger charge is -2.63. The Morgan fingerprint density at radius 3 is 2.09 bits per heavy atom. The number of nitrogens with zero attached hydrogens (tertiary/aromatic N) is 1. The van der Waals surface area contributed by atoms with Gasteiger partial charge in [0.2, 0.25) is 0 Å². The predicted octanol–water partition coefficient (Wildman–Crippen LogP) is 7.30. The van der Waals surface area contributed by atoms with Crippen molar-refractivity contribution < 1.29 is 0 Å². The Bertz CT molecular complexity index is 1180. The predicted molar refractivity (Wildman–Crippen MR) is 131 cm³/mol. The summed E-state index contributed by atoms with van der Waals surface area (Å²) in [5.74, 6) is 2.13. The Labute approximate surface area is 191 Å². The van der Waals surface area contributed by atoms with E-state index in [0.29, 0.717) is 29.8 Å². The molecule has 3 fully saturated rings. The highest BCUT2D eigenvalue weighted by Crippen LogP contribution is 2.68. The molecule has 3 aliphatic carbocycles. The van der Waals surface area contributed by atoms with E-state index in [0.717, 1.165) is 0 Å². The first-order valence-corrected chi connectivity index (χ1v) is 13.0. The molecule has 2 aliphatic heterocycles. The molecule has 5 atom stereocenters. The van der Waals surface area contributed by atoms with Crippen molar-refractivity contribution in [3.05, 3.63) is 89.5 Å². The second kappa shape index (κ2) is 6.28. The van der Waals surface area contributed by atoms with Crippen LogP contribution >= 0.6 is 0 Å². The zero-order valence-corrected chi connectivity index (χ0v) is 18.7. The van der Waals surface area contributed by atoms with Gasteiger partial charge in [0.25, 0.3) is 0 Å². The summed E-state index contributed by atoms with van der Waals surface area (Å²) in [6, 6.07) is 29.8. The third kappa shape index (κ3) is 1.94. The summed E-state index contributed by atoms with van der Waals surface area (Å²) in [6.07, 6.45) is 9.63. The molecule has 3 aromatic rings. The Hall–Kier alpha value is -2.54. The summed E-state index contributed by atoms with van der Waals surface area (Å²) < 4.78 is 0. The van der Waals surface area contributed by atoms with Gasteiger partial charge in [-0.15, -0.1) is 0 Å². The Balaban J connectivity index is 1.45. The minimum absolute atomic E-state index is 0.195. The molecule has 0 aromatic heterocycles. The van der Waals surface area contributed by atoms with E-state index >= 15 is 0 Å². The van der Waals surface area contributed by atoms with Crippen molar-refractivity contribution in [1.82, 2.24) is 0 Å². The average molecular weight is 418 g/mol. The van der Waals surface area contributed by atoms with E-state index in [1.165, 1.54) is 56.1 Å². The van der Waals surface area contributed by atoms with E-state index in [1.807, 2.05) is 0 Å². The van der Waals surface area contributed by atoms with Crippen LogP contribution in [0.4, 0.5) is 5.69 Å². The number of para-hydroxylation sites is 1. The highest BCUT2D eigenvalue weighted by molar-refractivity contribution is 5.82. The summed E-state index contributed by atoms with van der Waals surface area (Å²) in [7, 11) is 0. The van der Waals surface area contributed by atoms with E-state index in [1.54, 1.807) is 22.4 Å². The van der Waals surface area contributed by atoms with Crippen molar-refractivity contribution in [2.45, 2.75) is 68.4 Å². The maximum atomic E-state index is 2.99. The van der Waals surface area contributed by atoms with Gasteiger partial charge in [-0.2, -0.15) is 0 Å². The van der Waals surface area contributed by atoms with Gasteiger partial charge in [-0.3, -0.25) is 0 Å². The number of rotatable bonds is 0. The maximum Gasteiger partial charge on any atom is 0.0407 e. The van der Waals surface area contributed by atoms with E-state index in [9.17, 15) is 0 Å². The molecule has 2 heterocycles. The molecule has 0 amide bonds. The van der Waals surface area contributed by atoms with Crippen LogP contribution in [-0.2, 0) is 5.41 Å². The first-order valence-electron chi connectivity index (χ1n) is 13.0. The molecule has 3 aromatic carbocycles. The minimum atomic E-state index is 0.195. The number of piperidine rings is 1. The molecule has 1 spiro atoms. The molecule has 1 saturated heterocycles. The number of hydrogen-bond donors (Lipinski definition) is 0. The number of anilines is 1. The Morgan fingerprint density at radius 2 is 1.28 bits per heavy atom. The third-order valence-corrected chi connectivity index (χ3v) is 10.1. The van der Waals surface area contributed by atoms with Crippen LogP contribution in [0.3, 0.4) is 0 Å². The molecule has 0 radical (unpaired) electrons. The molecule has 32 heavy (non-hydrogen) atoms. The monoisotopic (exact) mass is 417 g/mol. The summed E-state index contributed by atoms with van der Waals surface area (Å²) >= 11 is 0. The van der Waals surface area contributed by atoms with E-state index in [-0.39, 0.29) is 5.41 Å². The smallest absolute Gasteiger partial charge is 0.0407 e. The van der Waals surface area contributed by atoms with Crippen molar-refractivity contribution in [1.29, 1.82) is 0 Å². The third-order valence-electron chi connectivity index (χ3n) is 10.1. The molecule has 1 heteroatoms. The number of benzene rings is 3. The van der Waals surface area contributed by atoms with Crippen LogP contribution < -0.4 is 4.90 Å². The summed E-state index contributed by atoms with van der Waals surface area (Å²) in [5, 5.41) is 0. The molecule has 5 unspecified atom stereocenters. The molecule has 0 bridgehead atoms. The molecule has 160 valence electrons. The molecule has 1 nitrogen and oxygen atoms in total. The van der Waals surface area contributed by atoms with Crippen LogP contribution in [0.5, 0.6) is 0 Å². The van der Waals surface area contributed by atoms with Gasteiger partial charge in [0.05, 0.1) is 0 Å². The van der Waals surface area contributed by atoms with Crippen molar-refractivity contribution >= 4 is 5.69 Å². The average Bonchev–Trinajstić information content (AvgIpc) is 3.35. The first kappa shape index (κ1) is 18.0. The van der Waals surface area contributed by atoms with Gasteiger partial charge >= 0.3 is 0 Å². The van der Waals surface area contributed by atoms with Gasteiger partial charge in [-0.25, -0.2) is 0 Å². The quantitative estimate of drug-likeness (QED) is 0.371. The fourth-order valence-corrected chi connectivity index (χ4v) is 9.35. The summed E-state index contributed by atoms with van der Waals surface area (Å²) in [6.45, 7) is 0. The van der Waals surface area contributed by atoms with Crippen LogP contribution in [0.1, 0.15) is 67.6 Å². The normalized spacial score (nSPS) is 32.6. The summed E-state index contributed by atoms with van der Waals surface area (Å²) in [4.78, 5) is 2.99. The van der Waals surface area contributed by atoms with Crippen LogP contribution in [0.2, 0.25) is 0 Å². The van der Waals surface area contributed by atoms with Crippen molar-refractivity contribution in [2.75, 3.05) is 4.90 Å². The first-order chi connectivity index (χ1) is 15.9. The van der Waals surface area contributed by atoms with Gasteiger partial charge < -0.3 is 4.90 Å². The van der Waals surface area contributed by atoms with Gasteiger partial charge in [-0.1, -0.05) is 86.0 Å². The van der Waals surface area contributed by atoms with E-state index in [4.69, 9.17) is 0 Å². The SMILES string of the molecule is c1ccc2c(c1)-c1ccccc1C21C2CCCCC2N2c3ccccc3C3CCCC1C32. The van der Waals surface area contributed by atoms with Gasteiger partial charge in [0.1, 0.15) is 0 Å². The zero-order valence-electron chi connectivity index (χ0n) is 18.7. The molecular weight excluding hydrogens is 386 g/mol. The molecule has 0 N–H and O–H groups in total. The van der Waals surface area contributed by atoms with Crippen molar-refractivity contribution in [2.24, 2.45) is 11.8 Å². The van der Waals surface area contributed by atoms with Gasteiger partial charge in [0, 0.05) is 29.1 Å². The lowest BCUT2D eigenvalue weighted by molar-refractivity contribution is 0.0472.